The van der Waals surface area contributed by atoms with Crippen molar-refractivity contribution in [1.82, 2.24) is 4.57 Å². The van der Waals surface area contributed by atoms with Crippen LogP contribution in [0.3, 0.4) is 0 Å². The number of nitrogens with one attached hydrogen (secondary N) is 1. The molecule has 0 saturated heterocycles. The summed E-state index contributed by atoms with van der Waals surface area (Å²) in [5.74, 6) is -0.284. The number of nitrogens with zero attached hydrogens (tertiary/aromatic N) is 1. The Bertz CT molecular complexity index is 1020. The van der Waals surface area contributed by atoms with Crippen molar-refractivity contribution in [2.24, 2.45) is 0 Å². The number of benzene rings is 2. The van der Waals surface area contributed by atoms with Gasteiger partial charge in [0.05, 0.1) is 12.1 Å². The highest BCUT2D eigenvalue weighted by molar-refractivity contribution is 6.31. The Labute approximate surface area is 157 Å². The summed E-state index contributed by atoms with van der Waals surface area (Å²) in [6, 6.07) is 16.2. The fourth-order valence-electron chi connectivity index (χ4n) is 2.72. The van der Waals surface area contributed by atoms with E-state index in [1.165, 1.54) is 16.7 Å². The van der Waals surface area contributed by atoms with E-state index in [9.17, 15) is 9.59 Å². The van der Waals surface area contributed by atoms with E-state index < -0.39 is 0 Å². The Morgan fingerprint density at radius 2 is 1.88 bits per heavy atom. The molecule has 0 bridgehead atoms. The summed E-state index contributed by atoms with van der Waals surface area (Å²) in [6.45, 7) is 4.31. The third-order valence-electron chi connectivity index (χ3n) is 4.13. The van der Waals surface area contributed by atoms with Crippen LogP contribution >= 0.6 is 11.6 Å². The highest BCUT2D eigenvalue weighted by atomic mass is 35.5. The van der Waals surface area contributed by atoms with Gasteiger partial charge in [-0.25, -0.2) is 0 Å². The second-order valence-corrected chi connectivity index (χ2v) is 6.72. The van der Waals surface area contributed by atoms with Gasteiger partial charge in [0.25, 0.3) is 11.5 Å². The van der Waals surface area contributed by atoms with Crippen molar-refractivity contribution in [3.05, 3.63) is 98.4 Å². The topological polar surface area (TPSA) is 51.1 Å². The van der Waals surface area contributed by atoms with Gasteiger partial charge in [-0.3, -0.25) is 9.59 Å². The molecule has 0 atom stereocenters. The maximum absolute atomic E-state index is 12.6. The molecule has 0 aliphatic heterocycles. The minimum atomic E-state index is -0.284. The van der Waals surface area contributed by atoms with Crippen LogP contribution in [-0.4, -0.2) is 10.5 Å². The summed E-state index contributed by atoms with van der Waals surface area (Å²) in [5.41, 5.74) is 3.96. The number of aryl methyl sites for hydroxylation is 2. The molecule has 1 N–H and O–H groups in total. The fourth-order valence-corrected chi connectivity index (χ4v) is 2.89. The first-order valence-corrected chi connectivity index (χ1v) is 8.64. The molecule has 1 aromatic heterocycles. The van der Waals surface area contributed by atoms with Crippen molar-refractivity contribution in [2.45, 2.75) is 20.4 Å². The van der Waals surface area contributed by atoms with Crippen molar-refractivity contribution in [1.29, 1.82) is 0 Å². The van der Waals surface area contributed by atoms with Gasteiger partial charge in [0.15, 0.2) is 0 Å². The molecule has 0 aliphatic rings. The summed E-state index contributed by atoms with van der Waals surface area (Å²) in [5, 5.41) is 3.40. The standard InChI is InChI=1S/C21H19ClN2O2/c1-14-4-3-5-16(10-14)12-24-13-17(7-9-20(24)25)21(26)23-19-11-18(22)8-6-15(19)2/h3-11,13H,12H2,1-2H3,(H,23,26). The van der Waals surface area contributed by atoms with Crippen LogP contribution in [0.5, 0.6) is 0 Å². The Morgan fingerprint density at radius 3 is 2.65 bits per heavy atom. The van der Waals surface area contributed by atoms with Gasteiger partial charge in [-0.1, -0.05) is 47.5 Å². The number of amides is 1. The Hall–Kier alpha value is -2.85. The summed E-state index contributed by atoms with van der Waals surface area (Å²) in [7, 11) is 0. The molecule has 1 amide bonds. The normalized spacial score (nSPS) is 10.6. The van der Waals surface area contributed by atoms with Gasteiger partial charge in [0, 0.05) is 23.0 Å². The number of hydrogen-bond acceptors (Lipinski definition) is 2. The molecule has 0 radical (unpaired) electrons. The molecule has 4 nitrogen and oxygen atoms in total. The lowest BCUT2D eigenvalue weighted by Gasteiger charge is -2.11. The molecular formula is C21H19ClN2O2. The Kier molecular flexibility index (Phi) is 5.24. The van der Waals surface area contributed by atoms with Crippen LogP contribution in [0, 0.1) is 13.8 Å². The zero-order valence-electron chi connectivity index (χ0n) is 14.6. The first-order chi connectivity index (χ1) is 12.4. The van der Waals surface area contributed by atoms with Gasteiger partial charge >= 0.3 is 0 Å². The lowest BCUT2D eigenvalue weighted by Crippen LogP contribution is -2.22. The quantitative estimate of drug-likeness (QED) is 0.743. The molecule has 3 rings (SSSR count). The predicted molar refractivity (Wildman–Crippen MR) is 105 cm³/mol. The molecule has 3 aromatic rings. The van der Waals surface area contributed by atoms with E-state index in [-0.39, 0.29) is 11.5 Å². The van der Waals surface area contributed by atoms with Crippen molar-refractivity contribution in [3.8, 4) is 0 Å². The molecule has 132 valence electrons. The first kappa shape index (κ1) is 18.0. The van der Waals surface area contributed by atoms with Gasteiger partial charge in [0.1, 0.15) is 0 Å². The smallest absolute Gasteiger partial charge is 0.257 e. The fraction of sp³-hybridized carbons (Fsp3) is 0.143. The van der Waals surface area contributed by atoms with Crippen LogP contribution in [-0.2, 0) is 6.54 Å². The number of carbonyl (C=O) groups is 1. The summed E-state index contributed by atoms with van der Waals surface area (Å²) in [4.78, 5) is 24.7. The van der Waals surface area contributed by atoms with Crippen LogP contribution in [0.4, 0.5) is 5.69 Å². The SMILES string of the molecule is Cc1cccc(Cn2cc(C(=O)Nc3cc(Cl)ccc3C)ccc2=O)c1. The van der Waals surface area contributed by atoms with Crippen molar-refractivity contribution in [2.75, 3.05) is 5.32 Å². The zero-order chi connectivity index (χ0) is 18.7. The van der Waals surface area contributed by atoms with Crippen LogP contribution < -0.4 is 10.9 Å². The van der Waals surface area contributed by atoms with Crippen LogP contribution in [0.25, 0.3) is 0 Å². The van der Waals surface area contributed by atoms with E-state index in [2.05, 4.69) is 5.32 Å². The lowest BCUT2D eigenvalue weighted by molar-refractivity contribution is 0.102. The third kappa shape index (κ3) is 4.21. The maximum Gasteiger partial charge on any atom is 0.257 e. The predicted octanol–water partition coefficient (Wildman–Crippen LogP) is 4.42. The number of anilines is 1. The van der Waals surface area contributed by atoms with Crippen LogP contribution in [0.1, 0.15) is 27.0 Å². The summed E-state index contributed by atoms with van der Waals surface area (Å²) in [6.07, 6.45) is 1.58. The lowest BCUT2D eigenvalue weighted by atomic mass is 10.1. The van der Waals surface area contributed by atoms with E-state index in [0.29, 0.717) is 22.8 Å². The Morgan fingerprint density at radius 1 is 1.08 bits per heavy atom. The molecule has 26 heavy (non-hydrogen) atoms. The highest BCUT2D eigenvalue weighted by Crippen LogP contribution is 2.20. The minimum absolute atomic E-state index is 0.151. The van der Waals surface area contributed by atoms with E-state index in [1.54, 1.807) is 18.3 Å². The van der Waals surface area contributed by atoms with Crippen molar-refractivity contribution in [3.63, 3.8) is 0 Å². The summed E-state index contributed by atoms with van der Waals surface area (Å²) >= 11 is 6.00. The molecule has 1 heterocycles. The molecule has 0 aliphatic carbocycles. The van der Waals surface area contributed by atoms with Crippen LogP contribution in [0.15, 0.2) is 65.6 Å². The molecule has 5 heteroatoms. The molecule has 0 spiro atoms. The van der Waals surface area contributed by atoms with Crippen molar-refractivity contribution >= 4 is 23.2 Å². The monoisotopic (exact) mass is 366 g/mol. The van der Waals surface area contributed by atoms with Gasteiger partial charge in [-0.2, -0.15) is 0 Å². The number of hydrogen-bond donors (Lipinski definition) is 1. The van der Waals surface area contributed by atoms with Gasteiger partial charge in [-0.05, 0) is 43.2 Å². The van der Waals surface area contributed by atoms with Crippen LogP contribution in [0.2, 0.25) is 5.02 Å². The van der Waals surface area contributed by atoms with Crippen molar-refractivity contribution < 1.29 is 4.79 Å². The maximum atomic E-state index is 12.6. The van der Waals surface area contributed by atoms with E-state index in [1.807, 2.05) is 44.2 Å². The van der Waals surface area contributed by atoms with Gasteiger partial charge < -0.3 is 9.88 Å². The molecule has 0 saturated carbocycles. The largest absolute Gasteiger partial charge is 0.322 e. The second-order valence-electron chi connectivity index (χ2n) is 6.29. The number of aromatic nitrogens is 1. The highest BCUT2D eigenvalue weighted by Gasteiger charge is 2.10. The number of pyridine rings is 1. The Balaban J connectivity index is 1.85. The molecule has 0 unspecified atom stereocenters. The van der Waals surface area contributed by atoms with E-state index in [4.69, 9.17) is 11.6 Å². The van der Waals surface area contributed by atoms with E-state index in [0.717, 1.165) is 16.7 Å². The average Bonchev–Trinajstić information content (AvgIpc) is 2.60. The molecule has 0 fully saturated rings. The minimum Gasteiger partial charge on any atom is -0.322 e. The van der Waals surface area contributed by atoms with Gasteiger partial charge in [-0.15, -0.1) is 0 Å². The molecular weight excluding hydrogens is 348 g/mol. The van der Waals surface area contributed by atoms with E-state index >= 15 is 0 Å². The molecule has 2 aromatic carbocycles. The zero-order valence-corrected chi connectivity index (χ0v) is 15.4. The average molecular weight is 367 g/mol. The third-order valence-corrected chi connectivity index (χ3v) is 4.36. The summed E-state index contributed by atoms with van der Waals surface area (Å²) < 4.78 is 1.54. The number of carbonyl (C=O) groups excluding carboxylic acids is 1. The second kappa shape index (κ2) is 7.58. The first-order valence-electron chi connectivity index (χ1n) is 8.26. The number of rotatable bonds is 4. The number of halogens is 1. The van der Waals surface area contributed by atoms with Gasteiger partial charge in [0.2, 0.25) is 0 Å².